The lowest BCUT2D eigenvalue weighted by Crippen LogP contribution is -2.21. The predicted molar refractivity (Wildman–Crippen MR) is 111 cm³/mol. The number of ether oxygens (including phenoxy) is 1. The average Bonchev–Trinajstić information content (AvgIpc) is 2.71. The van der Waals surface area contributed by atoms with Gasteiger partial charge in [0.1, 0.15) is 16.9 Å². The highest BCUT2D eigenvalue weighted by Crippen LogP contribution is 2.33. The van der Waals surface area contributed by atoms with Crippen LogP contribution < -0.4 is 5.32 Å². The van der Waals surface area contributed by atoms with E-state index in [0.717, 1.165) is 24.6 Å². The number of carbonyl (C=O) groups excluding carboxylic acids is 2. The molecule has 1 N–H and O–H groups in total. The number of benzene rings is 2. The molecule has 0 spiro atoms. The van der Waals surface area contributed by atoms with Gasteiger partial charge in [-0.3, -0.25) is 9.59 Å². The molecule has 2 rings (SSSR count). The van der Waals surface area contributed by atoms with Crippen molar-refractivity contribution in [2.75, 3.05) is 11.9 Å². The third-order valence-corrected chi connectivity index (χ3v) is 5.41. The summed E-state index contributed by atoms with van der Waals surface area (Å²) in [6.07, 6.45) is 2.87. The topological polar surface area (TPSA) is 55.4 Å². The van der Waals surface area contributed by atoms with E-state index in [-0.39, 0.29) is 10.6 Å². The Morgan fingerprint density at radius 2 is 1.79 bits per heavy atom. The number of halogens is 2. The quantitative estimate of drug-likeness (QED) is 0.298. The van der Waals surface area contributed by atoms with Crippen molar-refractivity contribution in [3.63, 3.8) is 0 Å². The van der Waals surface area contributed by atoms with Crippen molar-refractivity contribution < 1.29 is 23.1 Å². The monoisotopic (exact) mass is 421 g/mol. The van der Waals surface area contributed by atoms with E-state index >= 15 is 0 Å². The number of thioether (sulfide) groups is 1. The first-order valence-corrected chi connectivity index (χ1v) is 10.5. The minimum absolute atomic E-state index is 0.0839. The van der Waals surface area contributed by atoms with E-state index in [4.69, 9.17) is 4.74 Å². The van der Waals surface area contributed by atoms with Crippen molar-refractivity contribution in [3.05, 3.63) is 59.7 Å². The summed E-state index contributed by atoms with van der Waals surface area (Å²) in [4.78, 5) is 24.7. The molecule has 0 aliphatic rings. The van der Waals surface area contributed by atoms with Gasteiger partial charge >= 0.3 is 5.97 Å². The summed E-state index contributed by atoms with van der Waals surface area (Å²) in [6.45, 7) is 4.23. The maximum absolute atomic E-state index is 14.3. The molecule has 0 fully saturated rings. The van der Waals surface area contributed by atoms with E-state index in [1.165, 1.54) is 6.07 Å². The maximum Gasteiger partial charge on any atom is 0.319 e. The van der Waals surface area contributed by atoms with Crippen LogP contribution in [0.3, 0.4) is 0 Å². The Balaban J connectivity index is 2.17. The first-order valence-electron chi connectivity index (χ1n) is 9.65. The first kappa shape index (κ1) is 22.9. The SMILES string of the molecule is CCCCOC(=O)C(CCC)Sc1cc(NC(=O)c2ccccc2)c(F)cc1F. The van der Waals surface area contributed by atoms with Gasteiger partial charge in [-0.1, -0.05) is 44.9 Å². The molecule has 29 heavy (non-hydrogen) atoms. The van der Waals surface area contributed by atoms with Crippen molar-refractivity contribution in [1.82, 2.24) is 0 Å². The summed E-state index contributed by atoms with van der Waals surface area (Å²) >= 11 is 0.984. The zero-order valence-corrected chi connectivity index (χ0v) is 17.4. The van der Waals surface area contributed by atoms with Crippen molar-refractivity contribution in [3.8, 4) is 0 Å². The number of rotatable bonds is 10. The minimum atomic E-state index is -0.881. The highest BCUT2D eigenvalue weighted by atomic mass is 32.2. The molecular formula is C22H25F2NO3S. The van der Waals surface area contributed by atoms with Gasteiger partial charge in [0.15, 0.2) is 0 Å². The van der Waals surface area contributed by atoms with Gasteiger partial charge in [-0.25, -0.2) is 8.78 Å². The van der Waals surface area contributed by atoms with Gasteiger partial charge in [0.25, 0.3) is 5.91 Å². The number of anilines is 1. The molecule has 1 unspecified atom stereocenters. The molecule has 4 nitrogen and oxygen atoms in total. The second-order valence-corrected chi connectivity index (χ2v) is 7.74. The molecule has 156 valence electrons. The van der Waals surface area contributed by atoms with E-state index in [1.54, 1.807) is 30.3 Å². The fourth-order valence-corrected chi connectivity index (χ4v) is 3.73. The normalized spacial score (nSPS) is 11.7. The smallest absolute Gasteiger partial charge is 0.319 e. The number of unbranched alkanes of at least 4 members (excludes halogenated alkanes) is 1. The van der Waals surface area contributed by atoms with Crippen LogP contribution in [0.1, 0.15) is 49.9 Å². The summed E-state index contributed by atoms with van der Waals surface area (Å²) in [5, 5.41) is 1.86. The van der Waals surface area contributed by atoms with Crippen LogP contribution in [-0.4, -0.2) is 23.7 Å². The molecule has 0 saturated heterocycles. The third-order valence-electron chi connectivity index (χ3n) is 4.13. The average molecular weight is 422 g/mol. The Morgan fingerprint density at radius 1 is 1.07 bits per heavy atom. The summed E-state index contributed by atoms with van der Waals surface area (Å²) in [5.41, 5.74) is 0.214. The number of hydrogen-bond acceptors (Lipinski definition) is 4. The molecule has 0 radical (unpaired) electrons. The lowest BCUT2D eigenvalue weighted by Gasteiger charge is -2.16. The fourth-order valence-electron chi connectivity index (χ4n) is 2.55. The molecule has 1 amide bonds. The molecule has 0 bridgehead atoms. The standard InChI is InChI=1S/C22H25F2NO3S/c1-3-5-12-28-22(27)19(9-4-2)29-20-14-18(16(23)13-17(20)24)25-21(26)15-10-7-6-8-11-15/h6-8,10-11,13-14,19H,3-5,9,12H2,1-2H3,(H,25,26). The lowest BCUT2D eigenvalue weighted by molar-refractivity contribution is -0.143. The van der Waals surface area contributed by atoms with Crippen LogP contribution in [-0.2, 0) is 9.53 Å². The predicted octanol–water partition coefficient (Wildman–Crippen LogP) is 5.82. The number of esters is 1. The molecule has 1 atom stereocenters. The van der Waals surface area contributed by atoms with Gasteiger partial charge in [0, 0.05) is 16.5 Å². The van der Waals surface area contributed by atoms with Gasteiger partial charge < -0.3 is 10.1 Å². The number of amides is 1. The highest BCUT2D eigenvalue weighted by molar-refractivity contribution is 8.00. The van der Waals surface area contributed by atoms with E-state index in [2.05, 4.69) is 5.32 Å². The molecule has 0 aromatic heterocycles. The van der Waals surface area contributed by atoms with Gasteiger partial charge in [-0.15, -0.1) is 11.8 Å². The maximum atomic E-state index is 14.3. The molecule has 0 heterocycles. The van der Waals surface area contributed by atoms with Crippen LogP contribution in [0, 0.1) is 11.6 Å². The Bertz CT molecular complexity index is 830. The molecule has 0 aliphatic carbocycles. The van der Waals surface area contributed by atoms with Crippen LogP contribution in [0.2, 0.25) is 0 Å². The van der Waals surface area contributed by atoms with Gasteiger partial charge in [0.2, 0.25) is 0 Å². The Hall–Kier alpha value is -2.41. The van der Waals surface area contributed by atoms with Crippen molar-refractivity contribution in [2.24, 2.45) is 0 Å². The number of hydrogen-bond donors (Lipinski definition) is 1. The minimum Gasteiger partial charge on any atom is -0.465 e. The van der Waals surface area contributed by atoms with Gasteiger partial charge in [-0.05, 0) is 31.0 Å². The third kappa shape index (κ3) is 6.85. The molecular weight excluding hydrogens is 396 g/mol. The van der Waals surface area contributed by atoms with Gasteiger partial charge in [-0.2, -0.15) is 0 Å². The van der Waals surface area contributed by atoms with Crippen LogP contribution >= 0.6 is 11.8 Å². The summed E-state index contributed by atoms with van der Waals surface area (Å²) in [5.74, 6) is -2.58. The highest BCUT2D eigenvalue weighted by Gasteiger charge is 2.23. The van der Waals surface area contributed by atoms with E-state index < -0.39 is 28.8 Å². The van der Waals surface area contributed by atoms with Crippen molar-refractivity contribution in [1.29, 1.82) is 0 Å². The second-order valence-electron chi connectivity index (χ2n) is 6.50. The zero-order valence-electron chi connectivity index (χ0n) is 16.5. The first-order chi connectivity index (χ1) is 14.0. The van der Waals surface area contributed by atoms with E-state index in [0.29, 0.717) is 31.1 Å². The van der Waals surface area contributed by atoms with Crippen LogP contribution in [0.25, 0.3) is 0 Å². The largest absolute Gasteiger partial charge is 0.465 e. The summed E-state index contributed by atoms with van der Waals surface area (Å²) in [7, 11) is 0. The molecule has 0 saturated carbocycles. The van der Waals surface area contributed by atoms with Crippen molar-refractivity contribution in [2.45, 2.75) is 49.7 Å². The molecule has 2 aromatic carbocycles. The molecule has 0 aliphatic heterocycles. The van der Waals surface area contributed by atoms with Crippen LogP contribution in [0.15, 0.2) is 47.4 Å². The van der Waals surface area contributed by atoms with Gasteiger partial charge in [0.05, 0.1) is 12.3 Å². The lowest BCUT2D eigenvalue weighted by atomic mass is 10.2. The molecule has 2 aromatic rings. The summed E-state index contributed by atoms with van der Waals surface area (Å²) < 4.78 is 33.8. The van der Waals surface area contributed by atoms with Crippen LogP contribution in [0.5, 0.6) is 0 Å². The Labute approximate surface area is 174 Å². The summed E-state index contributed by atoms with van der Waals surface area (Å²) in [6, 6.07) is 10.3. The molecule has 7 heteroatoms. The van der Waals surface area contributed by atoms with E-state index in [9.17, 15) is 18.4 Å². The number of carbonyl (C=O) groups is 2. The van der Waals surface area contributed by atoms with Crippen molar-refractivity contribution >= 4 is 29.3 Å². The van der Waals surface area contributed by atoms with Crippen LogP contribution in [0.4, 0.5) is 14.5 Å². The Kier molecular flexibility index (Phi) is 9.12. The Morgan fingerprint density at radius 3 is 2.45 bits per heavy atom. The van der Waals surface area contributed by atoms with E-state index in [1.807, 2.05) is 13.8 Å². The zero-order chi connectivity index (χ0) is 21.2. The fraction of sp³-hybridized carbons (Fsp3) is 0.364. The second kappa shape index (κ2) is 11.6. The number of nitrogens with one attached hydrogen (secondary N) is 1.